The predicted molar refractivity (Wildman–Crippen MR) is 19.8 cm³/mol. The topological polar surface area (TPSA) is 96.5 Å². The van der Waals surface area contributed by atoms with Crippen molar-refractivity contribution >= 4 is 11.7 Å². The molecular weight excluding hydrogens is 151 g/mol. The van der Waals surface area contributed by atoms with Gasteiger partial charge in [0.15, 0.2) is 0 Å². The molecule has 0 spiro atoms. The van der Waals surface area contributed by atoms with Crippen LogP contribution in [0.4, 0.5) is 0 Å². The standard InChI is InChI=1S/C3H2N2O3.K/c4-1-2(5-8)3(6)7;/h8H,(H,6,7);/q;+1/p-1. The monoisotopic (exact) mass is 152 g/mol. The average molecular weight is 152 g/mol. The molecule has 0 unspecified atom stereocenters. The first-order chi connectivity index (χ1) is 3.72. The molecular formula is C3HKN2O3. The molecule has 0 aliphatic rings. The minimum atomic E-state index is -1.78. The van der Waals surface area contributed by atoms with Gasteiger partial charge in [-0.25, -0.2) is 0 Å². The van der Waals surface area contributed by atoms with Crippen LogP contribution in [-0.2, 0) is 4.79 Å². The summed E-state index contributed by atoms with van der Waals surface area (Å²) in [6.45, 7) is 0. The van der Waals surface area contributed by atoms with Gasteiger partial charge in [-0.2, -0.15) is 5.26 Å². The van der Waals surface area contributed by atoms with Crippen LogP contribution in [0.1, 0.15) is 0 Å². The number of oxime groups is 1. The first-order valence-electron chi connectivity index (χ1n) is 1.56. The van der Waals surface area contributed by atoms with Gasteiger partial charge in [0.25, 0.3) is 0 Å². The van der Waals surface area contributed by atoms with Crippen molar-refractivity contribution < 1.29 is 66.5 Å². The van der Waals surface area contributed by atoms with E-state index < -0.39 is 11.7 Å². The summed E-state index contributed by atoms with van der Waals surface area (Å²) in [6.07, 6.45) is 0. The molecule has 0 fully saturated rings. The molecule has 0 radical (unpaired) electrons. The molecule has 0 aliphatic carbocycles. The van der Waals surface area contributed by atoms with Crippen molar-refractivity contribution in [1.29, 1.82) is 5.26 Å². The Morgan fingerprint density at radius 3 is 2.22 bits per heavy atom. The van der Waals surface area contributed by atoms with Crippen LogP contribution in [0.15, 0.2) is 5.16 Å². The van der Waals surface area contributed by atoms with Gasteiger partial charge in [0.05, 0.1) is 0 Å². The third kappa shape index (κ3) is 4.56. The van der Waals surface area contributed by atoms with Crippen LogP contribution in [0.3, 0.4) is 0 Å². The van der Waals surface area contributed by atoms with Gasteiger partial charge >= 0.3 is 51.4 Å². The molecule has 0 aromatic heterocycles. The van der Waals surface area contributed by atoms with Crippen molar-refractivity contribution in [3.8, 4) is 6.07 Å². The maximum absolute atomic E-state index is 9.54. The van der Waals surface area contributed by atoms with Crippen LogP contribution in [0, 0.1) is 11.3 Å². The van der Waals surface area contributed by atoms with E-state index >= 15 is 0 Å². The van der Waals surface area contributed by atoms with E-state index in [0.29, 0.717) is 0 Å². The molecule has 0 aliphatic heterocycles. The van der Waals surface area contributed by atoms with Gasteiger partial charge in [0, 0.05) is 0 Å². The quantitative estimate of drug-likeness (QED) is 0.176. The van der Waals surface area contributed by atoms with E-state index in [4.69, 9.17) is 10.5 Å². The minimum Gasteiger partial charge on any atom is -0.542 e. The van der Waals surface area contributed by atoms with Crippen LogP contribution in [0.5, 0.6) is 0 Å². The number of carbonyl (C=O) groups is 1. The summed E-state index contributed by atoms with van der Waals surface area (Å²) < 4.78 is 0. The molecule has 0 atom stereocenters. The summed E-state index contributed by atoms with van der Waals surface area (Å²) in [6, 6.07) is 1.09. The summed E-state index contributed by atoms with van der Waals surface area (Å²) in [4.78, 5) is 9.54. The Balaban J connectivity index is 0. The van der Waals surface area contributed by atoms with Gasteiger partial charge in [0.1, 0.15) is 12.0 Å². The van der Waals surface area contributed by atoms with E-state index in [1.165, 1.54) is 0 Å². The fourth-order valence-corrected chi connectivity index (χ4v) is 0.109. The van der Waals surface area contributed by atoms with Crippen LogP contribution in [0.2, 0.25) is 0 Å². The number of nitriles is 1. The van der Waals surface area contributed by atoms with Gasteiger partial charge in [0.2, 0.25) is 5.71 Å². The normalized spacial score (nSPS) is 9.00. The van der Waals surface area contributed by atoms with Gasteiger partial charge in [-0.05, 0) is 0 Å². The van der Waals surface area contributed by atoms with Gasteiger partial charge in [-0.3, -0.25) is 0 Å². The van der Waals surface area contributed by atoms with Crippen molar-refractivity contribution in [2.24, 2.45) is 5.16 Å². The number of nitrogens with zero attached hydrogens (tertiary/aromatic N) is 2. The number of carboxylic acids is 1. The molecule has 6 heteroatoms. The number of hydrogen-bond acceptors (Lipinski definition) is 5. The molecule has 0 heterocycles. The summed E-state index contributed by atoms with van der Waals surface area (Å²) in [7, 11) is 0. The van der Waals surface area contributed by atoms with Gasteiger partial charge < -0.3 is 15.1 Å². The van der Waals surface area contributed by atoms with Crippen molar-refractivity contribution in [3.63, 3.8) is 0 Å². The van der Waals surface area contributed by atoms with Crippen LogP contribution < -0.4 is 56.5 Å². The number of rotatable bonds is 1. The summed E-state index contributed by atoms with van der Waals surface area (Å²) >= 11 is 0. The first kappa shape index (κ1) is 11.8. The van der Waals surface area contributed by atoms with Crippen molar-refractivity contribution in [1.82, 2.24) is 0 Å². The largest absolute Gasteiger partial charge is 1.00 e. The van der Waals surface area contributed by atoms with E-state index in [1.807, 2.05) is 0 Å². The molecule has 9 heavy (non-hydrogen) atoms. The zero-order valence-electron chi connectivity index (χ0n) is 4.66. The van der Waals surface area contributed by atoms with Gasteiger partial charge in [-0.15, -0.1) is 0 Å². The number of carbonyl (C=O) groups excluding carboxylic acids is 1. The van der Waals surface area contributed by atoms with E-state index in [-0.39, 0.29) is 51.4 Å². The minimum absolute atomic E-state index is 0. The second-order valence-corrected chi connectivity index (χ2v) is 0.848. The zero-order valence-corrected chi connectivity index (χ0v) is 7.78. The van der Waals surface area contributed by atoms with E-state index in [1.54, 1.807) is 0 Å². The van der Waals surface area contributed by atoms with E-state index in [0.717, 1.165) is 6.07 Å². The van der Waals surface area contributed by atoms with Crippen molar-refractivity contribution in [2.45, 2.75) is 0 Å². The van der Waals surface area contributed by atoms with E-state index in [2.05, 4.69) is 5.16 Å². The van der Waals surface area contributed by atoms with E-state index in [9.17, 15) is 9.90 Å². The van der Waals surface area contributed by atoms with Gasteiger partial charge in [-0.1, -0.05) is 5.16 Å². The zero-order chi connectivity index (χ0) is 6.57. The Morgan fingerprint density at radius 1 is 1.78 bits per heavy atom. The molecule has 0 aromatic carbocycles. The fourth-order valence-electron chi connectivity index (χ4n) is 0.109. The number of carboxylic acid groups (broad SMARTS) is 1. The third-order valence-electron chi connectivity index (χ3n) is 0.399. The predicted octanol–water partition coefficient (Wildman–Crippen LogP) is -4.91. The Hall–Kier alpha value is 0.0664. The Bertz CT molecular complexity index is 170. The molecule has 0 aromatic rings. The molecule has 42 valence electrons. The number of aliphatic carboxylic acids is 1. The van der Waals surface area contributed by atoms with Crippen LogP contribution in [-0.4, -0.2) is 16.9 Å². The second-order valence-electron chi connectivity index (χ2n) is 0.848. The molecule has 0 amide bonds. The van der Waals surface area contributed by atoms with Crippen LogP contribution >= 0.6 is 0 Å². The molecule has 1 N–H and O–H groups in total. The molecule has 5 nitrogen and oxygen atoms in total. The molecule has 0 bridgehead atoms. The third-order valence-corrected chi connectivity index (χ3v) is 0.399. The maximum Gasteiger partial charge on any atom is 1.00 e. The maximum atomic E-state index is 9.54. The molecule has 0 rings (SSSR count). The van der Waals surface area contributed by atoms with Crippen molar-refractivity contribution in [2.75, 3.05) is 0 Å². The Morgan fingerprint density at radius 2 is 2.22 bits per heavy atom. The smallest absolute Gasteiger partial charge is 0.542 e. The second kappa shape index (κ2) is 6.19. The molecule has 0 saturated heterocycles. The average Bonchev–Trinajstić information content (AvgIpc) is 1.69. The Labute approximate surface area is 93.4 Å². The summed E-state index contributed by atoms with van der Waals surface area (Å²) in [5.74, 6) is -1.78. The Kier molecular flexibility index (Phi) is 8.13. The fraction of sp³-hybridized carbons (Fsp3) is 0. The van der Waals surface area contributed by atoms with Crippen LogP contribution in [0.25, 0.3) is 0 Å². The first-order valence-corrected chi connectivity index (χ1v) is 1.56. The summed E-state index contributed by atoms with van der Waals surface area (Å²) in [5.41, 5.74) is -1.02. The number of hydrogen-bond donors (Lipinski definition) is 1. The SMILES string of the molecule is N#CC(=NO)C(=O)[O-].[K+]. The van der Waals surface area contributed by atoms with Crippen molar-refractivity contribution in [3.05, 3.63) is 0 Å². The molecule has 0 saturated carbocycles. The summed E-state index contributed by atoms with van der Waals surface area (Å²) in [5, 5.41) is 27.0.